The van der Waals surface area contributed by atoms with Crippen molar-refractivity contribution >= 4 is 11.9 Å². The van der Waals surface area contributed by atoms with E-state index >= 15 is 0 Å². The maximum absolute atomic E-state index is 12.5. The zero-order valence-corrected chi connectivity index (χ0v) is 13.4. The molecular weight excluding hydrogens is 294 g/mol. The molecule has 1 aromatic rings. The summed E-state index contributed by atoms with van der Waals surface area (Å²) >= 11 is 0. The highest BCUT2D eigenvalue weighted by Crippen LogP contribution is 2.59. The van der Waals surface area contributed by atoms with Crippen LogP contribution in [0.3, 0.4) is 0 Å². The van der Waals surface area contributed by atoms with Crippen LogP contribution in [0.15, 0.2) is 30.3 Å². The van der Waals surface area contributed by atoms with Gasteiger partial charge in [-0.05, 0) is 37.2 Å². The minimum absolute atomic E-state index is 0.00306. The summed E-state index contributed by atoms with van der Waals surface area (Å²) in [6, 6.07) is 9.79. The van der Waals surface area contributed by atoms with Crippen LogP contribution in [0.5, 0.6) is 0 Å². The lowest BCUT2D eigenvalue weighted by molar-refractivity contribution is -0.145. The maximum Gasteiger partial charge on any atom is 0.307 e. The fourth-order valence-electron chi connectivity index (χ4n) is 3.55. The highest BCUT2D eigenvalue weighted by atomic mass is 16.5. The van der Waals surface area contributed by atoms with Crippen LogP contribution in [-0.4, -0.2) is 41.1 Å². The van der Waals surface area contributed by atoms with E-state index in [0.717, 1.165) is 24.8 Å². The first-order chi connectivity index (χ1) is 11.0. The molecule has 0 aromatic heterocycles. The number of nitrogens with zero attached hydrogens (tertiary/aromatic N) is 1. The van der Waals surface area contributed by atoms with Crippen LogP contribution in [0.2, 0.25) is 0 Å². The van der Waals surface area contributed by atoms with E-state index in [-0.39, 0.29) is 17.2 Å². The number of likely N-dealkylation sites (tertiary alicyclic amines) is 1. The van der Waals surface area contributed by atoms with Crippen LogP contribution in [0.25, 0.3) is 0 Å². The van der Waals surface area contributed by atoms with Gasteiger partial charge in [0, 0.05) is 13.1 Å². The van der Waals surface area contributed by atoms with E-state index in [2.05, 4.69) is 0 Å². The van der Waals surface area contributed by atoms with E-state index in [1.165, 1.54) is 0 Å². The predicted molar refractivity (Wildman–Crippen MR) is 84.7 cm³/mol. The number of carbonyl (C=O) groups excluding carboxylic acids is 1. The third-order valence-electron chi connectivity index (χ3n) is 5.25. The minimum Gasteiger partial charge on any atom is -0.481 e. The number of carboxylic acid groups (broad SMARTS) is 1. The van der Waals surface area contributed by atoms with Gasteiger partial charge >= 0.3 is 5.97 Å². The maximum atomic E-state index is 12.5. The zero-order valence-electron chi connectivity index (χ0n) is 13.4. The van der Waals surface area contributed by atoms with Crippen molar-refractivity contribution in [1.82, 2.24) is 4.90 Å². The van der Waals surface area contributed by atoms with Crippen molar-refractivity contribution in [3.8, 4) is 0 Å². The molecule has 2 atom stereocenters. The van der Waals surface area contributed by atoms with Crippen molar-refractivity contribution in [2.45, 2.75) is 38.9 Å². The smallest absolute Gasteiger partial charge is 0.307 e. The van der Waals surface area contributed by atoms with Crippen molar-refractivity contribution in [3.05, 3.63) is 35.9 Å². The second kappa shape index (κ2) is 6.32. The minimum atomic E-state index is -0.690. The van der Waals surface area contributed by atoms with Gasteiger partial charge in [-0.1, -0.05) is 30.3 Å². The summed E-state index contributed by atoms with van der Waals surface area (Å²) in [7, 11) is 0. The number of benzene rings is 1. The second-order valence-corrected chi connectivity index (χ2v) is 6.72. The van der Waals surface area contributed by atoms with Gasteiger partial charge in [0.2, 0.25) is 0 Å². The Morgan fingerprint density at radius 2 is 1.96 bits per heavy atom. The van der Waals surface area contributed by atoms with Gasteiger partial charge < -0.3 is 14.7 Å². The third-order valence-corrected chi connectivity index (χ3v) is 5.25. The fraction of sp³-hybridized carbons (Fsp3) is 0.556. The van der Waals surface area contributed by atoms with Gasteiger partial charge in [0.05, 0.1) is 12.5 Å². The molecule has 0 radical (unpaired) electrons. The SMILES string of the molecule is CC(OCc1ccccc1)C(=O)N1CCC2(CC1)CC2C(=O)O. The first-order valence-electron chi connectivity index (χ1n) is 8.19. The molecule has 1 spiro atoms. The van der Waals surface area contributed by atoms with Crippen molar-refractivity contribution < 1.29 is 19.4 Å². The van der Waals surface area contributed by atoms with Gasteiger partial charge in [-0.3, -0.25) is 9.59 Å². The molecule has 0 bridgehead atoms. The zero-order chi connectivity index (χ0) is 16.4. The fourth-order valence-corrected chi connectivity index (χ4v) is 3.55. The van der Waals surface area contributed by atoms with E-state index in [0.29, 0.717) is 19.7 Å². The number of aliphatic carboxylic acids is 1. The normalized spacial score (nSPS) is 23.5. The Balaban J connectivity index is 1.47. The van der Waals surface area contributed by atoms with E-state index in [4.69, 9.17) is 9.84 Å². The highest BCUT2D eigenvalue weighted by Gasteiger charge is 2.59. The van der Waals surface area contributed by atoms with E-state index in [9.17, 15) is 9.59 Å². The van der Waals surface area contributed by atoms with Crippen LogP contribution in [0.1, 0.15) is 31.7 Å². The largest absolute Gasteiger partial charge is 0.481 e. The number of ether oxygens (including phenoxy) is 1. The quantitative estimate of drug-likeness (QED) is 0.905. The first-order valence-corrected chi connectivity index (χ1v) is 8.19. The number of piperidine rings is 1. The number of hydrogen-bond acceptors (Lipinski definition) is 3. The summed E-state index contributed by atoms with van der Waals surface area (Å²) < 4.78 is 5.68. The Bertz CT molecular complexity index is 578. The van der Waals surface area contributed by atoms with E-state index < -0.39 is 12.1 Å². The molecule has 23 heavy (non-hydrogen) atoms. The molecular formula is C18H23NO4. The number of rotatable bonds is 5. The number of hydrogen-bond donors (Lipinski definition) is 1. The van der Waals surface area contributed by atoms with E-state index in [1.54, 1.807) is 6.92 Å². The summed E-state index contributed by atoms with van der Waals surface area (Å²) in [4.78, 5) is 25.3. The lowest BCUT2D eigenvalue weighted by Crippen LogP contribution is -2.44. The van der Waals surface area contributed by atoms with Gasteiger partial charge in [-0.2, -0.15) is 0 Å². The molecule has 1 aliphatic heterocycles. The molecule has 124 valence electrons. The molecule has 2 fully saturated rings. The summed E-state index contributed by atoms with van der Waals surface area (Å²) in [6.07, 6.45) is 1.88. The van der Waals surface area contributed by atoms with Crippen molar-refractivity contribution in [2.75, 3.05) is 13.1 Å². The Labute approximate surface area is 136 Å². The lowest BCUT2D eigenvalue weighted by Gasteiger charge is -2.34. The summed E-state index contributed by atoms with van der Waals surface area (Å²) in [5.74, 6) is -0.890. The molecule has 1 amide bonds. The molecule has 1 N–H and O–H groups in total. The van der Waals surface area contributed by atoms with Crippen LogP contribution in [-0.2, 0) is 20.9 Å². The van der Waals surface area contributed by atoms with Gasteiger partial charge in [-0.25, -0.2) is 0 Å². The first kappa shape index (κ1) is 16.0. The van der Waals surface area contributed by atoms with Gasteiger partial charge in [0.25, 0.3) is 5.91 Å². The van der Waals surface area contributed by atoms with E-state index in [1.807, 2.05) is 35.2 Å². The third kappa shape index (κ3) is 3.39. The predicted octanol–water partition coefficient (Wildman–Crippen LogP) is 2.31. The Morgan fingerprint density at radius 1 is 1.30 bits per heavy atom. The number of amides is 1. The Morgan fingerprint density at radius 3 is 2.52 bits per heavy atom. The van der Waals surface area contributed by atoms with Gasteiger partial charge in [-0.15, -0.1) is 0 Å². The number of carboxylic acids is 1. The van der Waals surface area contributed by atoms with Gasteiger partial charge in [0.1, 0.15) is 6.10 Å². The molecule has 1 heterocycles. The molecule has 2 unspecified atom stereocenters. The molecule has 5 heteroatoms. The molecule has 1 saturated carbocycles. The molecule has 5 nitrogen and oxygen atoms in total. The molecule has 1 aliphatic carbocycles. The molecule has 3 rings (SSSR count). The molecule has 2 aliphatic rings. The summed E-state index contributed by atoms with van der Waals surface area (Å²) in [5.41, 5.74) is 1.00. The lowest BCUT2D eigenvalue weighted by atomic mass is 9.90. The Kier molecular flexibility index (Phi) is 4.39. The van der Waals surface area contributed by atoms with Crippen molar-refractivity contribution in [3.63, 3.8) is 0 Å². The monoisotopic (exact) mass is 317 g/mol. The standard InChI is InChI=1S/C18H23NO4/c1-13(23-12-14-5-3-2-4-6-14)16(20)19-9-7-18(8-10-19)11-15(18)17(21)22/h2-6,13,15H,7-12H2,1H3,(H,21,22). The van der Waals surface area contributed by atoms with Gasteiger partial charge in [0.15, 0.2) is 0 Å². The van der Waals surface area contributed by atoms with Crippen LogP contribution < -0.4 is 0 Å². The summed E-state index contributed by atoms with van der Waals surface area (Å²) in [6.45, 7) is 3.49. The average molecular weight is 317 g/mol. The average Bonchev–Trinajstić information content (AvgIpc) is 3.27. The highest BCUT2D eigenvalue weighted by molar-refractivity contribution is 5.81. The second-order valence-electron chi connectivity index (χ2n) is 6.72. The molecule has 1 saturated heterocycles. The number of carbonyl (C=O) groups is 2. The molecule has 1 aromatic carbocycles. The topological polar surface area (TPSA) is 66.8 Å². The van der Waals surface area contributed by atoms with Crippen LogP contribution in [0.4, 0.5) is 0 Å². The van der Waals surface area contributed by atoms with Crippen molar-refractivity contribution in [1.29, 1.82) is 0 Å². The van der Waals surface area contributed by atoms with Crippen molar-refractivity contribution in [2.24, 2.45) is 11.3 Å². The summed E-state index contributed by atoms with van der Waals surface area (Å²) in [5, 5.41) is 9.11. The Hall–Kier alpha value is -1.88. The van der Waals surface area contributed by atoms with Crippen LogP contribution >= 0.6 is 0 Å². The van der Waals surface area contributed by atoms with Crippen LogP contribution in [0, 0.1) is 11.3 Å².